The maximum Gasteiger partial charge on any atom is 0.335 e. The monoisotopic (exact) mass is 331 g/mol. The lowest BCUT2D eigenvalue weighted by molar-refractivity contribution is 0.0697. The third-order valence-electron chi connectivity index (χ3n) is 3.86. The van der Waals surface area contributed by atoms with Crippen molar-refractivity contribution in [3.63, 3.8) is 0 Å². The Balaban J connectivity index is 1.46. The molecule has 1 aromatic carbocycles. The van der Waals surface area contributed by atoms with Crippen molar-refractivity contribution in [2.75, 3.05) is 6.61 Å². The number of hydrogen-bond donors (Lipinski definition) is 1. The van der Waals surface area contributed by atoms with Crippen molar-refractivity contribution in [1.29, 1.82) is 0 Å². The van der Waals surface area contributed by atoms with Crippen LogP contribution in [-0.4, -0.2) is 22.8 Å². The van der Waals surface area contributed by atoms with E-state index in [-0.39, 0.29) is 5.56 Å². The van der Waals surface area contributed by atoms with Gasteiger partial charge in [0.25, 0.3) is 0 Å². The first-order chi connectivity index (χ1) is 11.6. The Morgan fingerprint density at radius 2 is 1.75 bits per heavy atom. The van der Waals surface area contributed by atoms with E-state index in [1.54, 1.807) is 24.3 Å². The Morgan fingerprint density at radius 3 is 2.38 bits per heavy atom. The molecule has 5 heteroatoms. The number of carboxylic acid groups (broad SMARTS) is 1. The molecule has 130 valence electrons. The molecule has 0 amide bonds. The van der Waals surface area contributed by atoms with E-state index in [9.17, 15) is 4.79 Å². The minimum absolute atomic E-state index is 0.280. The van der Waals surface area contributed by atoms with Crippen LogP contribution in [-0.2, 0) is 6.42 Å². The number of carbonyl (C=O) groups is 1. The van der Waals surface area contributed by atoms with Gasteiger partial charge in [-0.2, -0.15) is 0 Å². The van der Waals surface area contributed by atoms with Crippen molar-refractivity contribution >= 4 is 5.97 Å². The Bertz CT molecular complexity index is 619. The van der Waals surface area contributed by atoms with E-state index >= 15 is 0 Å². The number of hydrogen-bond acceptors (Lipinski definition) is 4. The predicted octanol–water partition coefficient (Wildman–Crippen LogP) is 4.64. The highest BCUT2D eigenvalue weighted by molar-refractivity contribution is 5.87. The van der Waals surface area contributed by atoms with E-state index in [2.05, 4.69) is 5.16 Å². The summed E-state index contributed by atoms with van der Waals surface area (Å²) in [6.07, 6.45) is 7.91. The molecule has 0 radical (unpaired) electrons. The highest BCUT2D eigenvalue weighted by Crippen LogP contribution is 2.14. The van der Waals surface area contributed by atoms with E-state index in [4.69, 9.17) is 14.4 Å². The maximum atomic E-state index is 10.8. The topological polar surface area (TPSA) is 72.6 Å². The van der Waals surface area contributed by atoms with Crippen molar-refractivity contribution in [3.05, 3.63) is 47.3 Å². The molecule has 1 aromatic heterocycles. The van der Waals surface area contributed by atoms with Gasteiger partial charge in [-0.15, -0.1) is 0 Å². The lowest BCUT2D eigenvalue weighted by atomic mass is 10.1. The molecule has 0 saturated carbocycles. The smallest absolute Gasteiger partial charge is 0.335 e. The number of carboxylic acids is 1. The second-order valence-corrected chi connectivity index (χ2v) is 5.98. The van der Waals surface area contributed by atoms with Gasteiger partial charge in [0.15, 0.2) is 0 Å². The number of aromatic carboxylic acids is 1. The molecule has 0 aliphatic carbocycles. The first kappa shape index (κ1) is 18.0. The predicted molar refractivity (Wildman–Crippen MR) is 91.5 cm³/mol. The Kier molecular flexibility index (Phi) is 7.33. The van der Waals surface area contributed by atoms with Crippen LogP contribution >= 0.6 is 0 Å². The second-order valence-electron chi connectivity index (χ2n) is 5.98. The van der Waals surface area contributed by atoms with Gasteiger partial charge in [0, 0.05) is 12.5 Å². The molecule has 0 bridgehead atoms. The van der Waals surface area contributed by atoms with Crippen LogP contribution in [0.4, 0.5) is 0 Å². The van der Waals surface area contributed by atoms with Crippen molar-refractivity contribution in [3.8, 4) is 5.75 Å². The summed E-state index contributed by atoms with van der Waals surface area (Å²) in [5.74, 6) is 0.789. The molecule has 0 fully saturated rings. The summed E-state index contributed by atoms with van der Waals surface area (Å²) in [4.78, 5) is 10.8. The van der Waals surface area contributed by atoms with Crippen LogP contribution in [0, 0.1) is 6.92 Å². The normalized spacial score (nSPS) is 10.7. The summed E-state index contributed by atoms with van der Waals surface area (Å²) in [5.41, 5.74) is 1.23. The molecule has 0 spiro atoms. The minimum Gasteiger partial charge on any atom is -0.494 e. The number of aromatic nitrogens is 1. The number of aryl methyl sites for hydroxylation is 2. The van der Waals surface area contributed by atoms with E-state index < -0.39 is 5.97 Å². The average Bonchev–Trinajstić information content (AvgIpc) is 2.99. The summed E-state index contributed by atoms with van der Waals surface area (Å²) < 4.78 is 10.8. The Hall–Kier alpha value is -2.30. The first-order valence-corrected chi connectivity index (χ1v) is 8.53. The van der Waals surface area contributed by atoms with Crippen LogP contribution in [0.5, 0.6) is 5.75 Å². The quantitative estimate of drug-likeness (QED) is 0.607. The summed E-state index contributed by atoms with van der Waals surface area (Å²) in [5, 5.41) is 12.7. The summed E-state index contributed by atoms with van der Waals surface area (Å²) in [7, 11) is 0. The van der Waals surface area contributed by atoms with Gasteiger partial charge in [-0.1, -0.05) is 30.8 Å². The van der Waals surface area contributed by atoms with Crippen molar-refractivity contribution < 1.29 is 19.2 Å². The largest absolute Gasteiger partial charge is 0.494 e. The fourth-order valence-electron chi connectivity index (χ4n) is 2.53. The number of benzene rings is 1. The third kappa shape index (κ3) is 6.44. The molecule has 0 unspecified atom stereocenters. The molecule has 0 atom stereocenters. The van der Waals surface area contributed by atoms with Crippen LogP contribution in [0.3, 0.4) is 0 Å². The summed E-state index contributed by atoms with van der Waals surface area (Å²) in [6.45, 7) is 2.61. The van der Waals surface area contributed by atoms with Gasteiger partial charge in [0.1, 0.15) is 11.5 Å². The van der Waals surface area contributed by atoms with E-state index in [1.165, 1.54) is 19.3 Å². The fraction of sp³-hybridized carbons (Fsp3) is 0.474. The van der Waals surface area contributed by atoms with Crippen LogP contribution in [0.25, 0.3) is 0 Å². The average molecular weight is 331 g/mol. The maximum absolute atomic E-state index is 10.8. The van der Waals surface area contributed by atoms with Gasteiger partial charge >= 0.3 is 5.97 Å². The Labute approximate surface area is 142 Å². The van der Waals surface area contributed by atoms with Crippen LogP contribution < -0.4 is 4.74 Å². The number of unbranched alkanes of at least 4 members (excludes halogenated alkanes) is 5. The highest BCUT2D eigenvalue weighted by atomic mass is 16.5. The van der Waals surface area contributed by atoms with Gasteiger partial charge in [-0.05, 0) is 44.0 Å². The lowest BCUT2D eigenvalue weighted by Crippen LogP contribution is -1.99. The van der Waals surface area contributed by atoms with Crippen LogP contribution in [0.2, 0.25) is 0 Å². The summed E-state index contributed by atoms with van der Waals surface area (Å²) in [6, 6.07) is 8.53. The molecule has 1 heterocycles. The standard InChI is InChI=1S/C19H25NO4/c1-15-14-18(24-20-15)8-6-4-2-3-5-7-13-23-17-11-9-16(10-12-17)19(21)22/h9-12,14H,2-8,13H2,1H3,(H,21,22). The van der Waals surface area contributed by atoms with E-state index in [0.717, 1.165) is 42.9 Å². The molecular weight excluding hydrogens is 306 g/mol. The van der Waals surface area contributed by atoms with Crippen molar-refractivity contribution in [1.82, 2.24) is 5.16 Å². The van der Waals surface area contributed by atoms with Gasteiger partial charge in [0.05, 0.1) is 17.9 Å². The van der Waals surface area contributed by atoms with Gasteiger partial charge in [0.2, 0.25) is 0 Å². The van der Waals surface area contributed by atoms with E-state index in [0.29, 0.717) is 6.61 Å². The first-order valence-electron chi connectivity index (χ1n) is 8.53. The molecule has 24 heavy (non-hydrogen) atoms. The summed E-state index contributed by atoms with van der Waals surface area (Å²) >= 11 is 0. The molecular formula is C19H25NO4. The zero-order chi connectivity index (χ0) is 17.2. The van der Waals surface area contributed by atoms with Crippen LogP contribution in [0.1, 0.15) is 60.3 Å². The zero-order valence-electron chi connectivity index (χ0n) is 14.2. The molecule has 1 N–H and O–H groups in total. The lowest BCUT2D eigenvalue weighted by Gasteiger charge is -2.06. The molecule has 2 aromatic rings. The molecule has 0 aliphatic heterocycles. The van der Waals surface area contributed by atoms with Gasteiger partial charge < -0.3 is 14.4 Å². The molecule has 2 rings (SSSR count). The fourth-order valence-corrected chi connectivity index (χ4v) is 2.53. The number of ether oxygens (including phenoxy) is 1. The number of rotatable bonds is 11. The molecule has 0 saturated heterocycles. The number of nitrogens with zero attached hydrogens (tertiary/aromatic N) is 1. The molecule has 5 nitrogen and oxygen atoms in total. The minimum atomic E-state index is -0.917. The van der Waals surface area contributed by atoms with Gasteiger partial charge in [-0.3, -0.25) is 0 Å². The second kappa shape index (κ2) is 9.75. The van der Waals surface area contributed by atoms with E-state index in [1.807, 2.05) is 13.0 Å². The molecule has 0 aliphatic rings. The zero-order valence-corrected chi connectivity index (χ0v) is 14.2. The van der Waals surface area contributed by atoms with Gasteiger partial charge in [-0.25, -0.2) is 4.79 Å². The Morgan fingerprint density at radius 1 is 1.08 bits per heavy atom. The highest BCUT2D eigenvalue weighted by Gasteiger charge is 2.02. The van der Waals surface area contributed by atoms with Crippen LogP contribution in [0.15, 0.2) is 34.9 Å². The van der Waals surface area contributed by atoms with Crippen molar-refractivity contribution in [2.45, 2.75) is 51.9 Å². The SMILES string of the molecule is Cc1cc(CCCCCCCCOc2ccc(C(=O)O)cc2)on1. The van der Waals surface area contributed by atoms with Crippen molar-refractivity contribution in [2.24, 2.45) is 0 Å². The third-order valence-corrected chi connectivity index (χ3v) is 3.86.